The lowest BCUT2D eigenvalue weighted by Crippen LogP contribution is -2.39. The fourth-order valence-electron chi connectivity index (χ4n) is 4.02. The van der Waals surface area contributed by atoms with Gasteiger partial charge in [-0.05, 0) is 37.6 Å². The molecule has 1 aromatic heterocycles. The van der Waals surface area contributed by atoms with E-state index in [1.807, 2.05) is 6.07 Å². The third kappa shape index (κ3) is 2.98. The number of hydrogen-bond acceptors (Lipinski definition) is 6. The summed E-state index contributed by atoms with van der Waals surface area (Å²) >= 11 is 0. The van der Waals surface area contributed by atoms with Crippen LogP contribution in [0.3, 0.4) is 0 Å². The van der Waals surface area contributed by atoms with Crippen LogP contribution in [-0.2, 0) is 12.0 Å². The normalized spacial score (nSPS) is 20.8. The maximum absolute atomic E-state index is 5.73. The Morgan fingerprint density at radius 2 is 2.00 bits per heavy atom. The molecule has 6 heteroatoms. The molecule has 0 amide bonds. The van der Waals surface area contributed by atoms with Gasteiger partial charge in [-0.25, -0.2) is 9.97 Å². The first kappa shape index (κ1) is 17.1. The molecule has 0 unspecified atom stereocenters. The number of benzene rings is 1. The highest BCUT2D eigenvalue weighted by atomic mass is 15.4. The first-order chi connectivity index (χ1) is 12.2. The zero-order valence-electron chi connectivity index (χ0n) is 16.1. The van der Waals surface area contributed by atoms with E-state index in [0.29, 0.717) is 5.95 Å². The van der Waals surface area contributed by atoms with Crippen molar-refractivity contribution in [2.45, 2.75) is 45.2 Å². The average molecular weight is 352 g/mol. The largest absolute Gasteiger partial charge is 0.384 e. The van der Waals surface area contributed by atoms with Gasteiger partial charge >= 0.3 is 0 Å². The minimum absolute atomic E-state index is 0.0609. The fraction of sp³-hybridized carbons (Fsp3) is 0.500. The van der Waals surface area contributed by atoms with Crippen LogP contribution in [0.15, 0.2) is 30.5 Å². The van der Waals surface area contributed by atoms with Gasteiger partial charge in [-0.15, -0.1) is 0 Å². The minimum atomic E-state index is 0.0609. The molecule has 0 atom stereocenters. The van der Waals surface area contributed by atoms with Crippen LogP contribution in [0.5, 0.6) is 0 Å². The second-order valence-electron chi connectivity index (χ2n) is 8.72. The zero-order chi connectivity index (χ0) is 18.5. The lowest BCUT2D eigenvalue weighted by molar-refractivity contribution is 0.173. The highest BCUT2D eigenvalue weighted by Crippen LogP contribution is 2.39. The Bertz CT molecular complexity index is 829. The summed E-state index contributed by atoms with van der Waals surface area (Å²) in [6.07, 6.45) is 1.73. The molecule has 0 bridgehead atoms. The fourth-order valence-corrected chi connectivity index (χ4v) is 4.02. The number of nitrogens with zero attached hydrogens (tertiary/aromatic N) is 4. The molecule has 2 aromatic rings. The van der Waals surface area contributed by atoms with E-state index >= 15 is 0 Å². The summed E-state index contributed by atoms with van der Waals surface area (Å²) in [4.78, 5) is 13.2. The molecule has 2 aliphatic rings. The van der Waals surface area contributed by atoms with Crippen LogP contribution in [0, 0.1) is 0 Å². The van der Waals surface area contributed by atoms with Crippen LogP contribution in [0.1, 0.15) is 39.0 Å². The lowest BCUT2D eigenvalue weighted by atomic mass is 9.87. The molecule has 0 radical (unpaired) electrons. The van der Waals surface area contributed by atoms with Gasteiger partial charge in [0.25, 0.3) is 0 Å². The van der Waals surface area contributed by atoms with Crippen molar-refractivity contribution >= 4 is 17.3 Å². The molecule has 6 nitrogen and oxygen atoms in total. The number of rotatable bonds is 3. The van der Waals surface area contributed by atoms with Crippen molar-refractivity contribution in [2.24, 2.45) is 0 Å². The van der Waals surface area contributed by atoms with Crippen molar-refractivity contribution in [1.82, 2.24) is 14.9 Å². The number of nitrogen functional groups attached to an aromatic ring is 1. The van der Waals surface area contributed by atoms with Crippen LogP contribution in [-0.4, -0.2) is 40.2 Å². The van der Waals surface area contributed by atoms with Gasteiger partial charge in [0.05, 0.1) is 12.4 Å². The molecule has 3 heterocycles. The average Bonchev–Trinajstić information content (AvgIpc) is 3.04. The maximum Gasteiger partial charge on any atom is 0.220 e. The van der Waals surface area contributed by atoms with Crippen molar-refractivity contribution in [1.29, 1.82) is 0 Å². The van der Waals surface area contributed by atoms with Crippen molar-refractivity contribution in [2.75, 3.05) is 35.7 Å². The monoisotopic (exact) mass is 352 g/mol. The molecule has 1 saturated heterocycles. The van der Waals surface area contributed by atoms with Crippen molar-refractivity contribution in [3.8, 4) is 0 Å². The summed E-state index contributed by atoms with van der Waals surface area (Å²) in [5.41, 5.74) is 10.9. The Hall–Kier alpha value is -2.34. The van der Waals surface area contributed by atoms with Gasteiger partial charge < -0.3 is 16.0 Å². The Morgan fingerprint density at radius 1 is 1.19 bits per heavy atom. The second-order valence-corrected chi connectivity index (χ2v) is 8.72. The van der Waals surface area contributed by atoms with Crippen LogP contribution in [0.2, 0.25) is 0 Å². The number of anilines is 3. The predicted octanol–water partition coefficient (Wildman–Crippen LogP) is 2.82. The molecule has 0 saturated carbocycles. The lowest BCUT2D eigenvalue weighted by Gasteiger charge is -2.29. The van der Waals surface area contributed by atoms with E-state index in [4.69, 9.17) is 5.73 Å². The van der Waals surface area contributed by atoms with E-state index in [-0.39, 0.29) is 11.0 Å². The number of nitrogens with one attached hydrogen (secondary N) is 1. The number of aromatic nitrogens is 2. The third-order valence-electron chi connectivity index (χ3n) is 5.68. The summed E-state index contributed by atoms with van der Waals surface area (Å²) < 4.78 is 0. The molecule has 4 rings (SSSR count). The van der Waals surface area contributed by atoms with Gasteiger partial charge in [0.1, 0.15) is 0 Å². The Labute approximate surface area is 155 Å². The van der Waals surface area contributed by atoms with Crippen molar-refractivity contribution < 1.29 is 0 Å². The SMILES string of the molecule is CC1(C)CNc2cc(N3CN(Cc4ccnc(N)n4)C(C)(C)C3)ccc21. The van der Waals surface area contributed by atoms with Gasteiger partial charge in [0.15, 0.2) is 0 Å². The van der Waals surface area contributed by atoms with Crippen LogP contribution in [0.4, 0.5) is 17.3 Å². The number of hydrogen-bond donors (Lipinski definition) is 2. The number of fused-ring (bicyclic) bond motifs is 1. The predicted molar refractivity (Wildman–Crippen MR) is 106 cm³/mol. The maximum atomic E-state index is 5.73. The molecule has 138 valence electrons. The van der Waals surface area contributed by atoms with E-state index in [2.05, 4.69) is 71.0 Å². The van der Waals surface area contributed by atoms with E-state index < -0.39 is 0 Å². The Morgan fingerprint density at radius 3 is 2.77 bits per heavy atom. The third-order valence-corrected chi connectivity index (χ3v) is 5.68. The second kappa shape index (κ2) is 5.84. The topological polar surface area (TPSA) is 70.3 Å². The van der Waals surface area contributed by atoms with E-state index in [1.165, 1.54) is 16.9 Å². The minimum Gasteiger partial charge on any atom is -0.384 e. The van der Waals surface area contributed by atoms with Crippen molar-refractivity contribution in [3.63, 3.8) is 0 Å². The first-order valence-electron chi connectivity index (χ1n) is 9.20. The zero-order valence-corrected chi connectivity index (χ0v) is 16.1. The van der Waals surface area contributed by atoms with Crippen LogP contribution < -0.4 is 16.0 Å². The summed E-state index contributed by atoms with van der Waals surface area (Å²) in [5, 5.41) is 3.56. The van der Waals surface area contributed by atoms with E-state index in [0.717, 1.165) is 32.0 Å². The van der Waals surface area contributed by atoms with E-state index in [1.54, 1.807) is 6.20 Å². The Balaban J connectivity index is 1.55. The van der Waals surface area contributed by atoms with Gasteiger partial charge in [-0.3, -0.25) is 4.90 Å². The molecule has 3 N–H and O–H groups in total. The van der Waals surface area contributed by atoms with Crippen molar-refractivity contribution in [3.05, 3.63) is 41.7 Å². The van der Waals surface area contributed by atoms with Crippen LogP contribution >= 0.6 is 0 Å². The van der Waals surface area contributed by atoms with Crippen LogP contribution in [0.25, 0.3) is 0 Å². The summed E-state index contributed by atoms with van der Waals surface area (Å²) in [7, 11) is 0. The molecule has 1 aromatic carbocycles. The smallest absolute Gasteiger partial charge is 0.220 e. The molecule has 1 fully saturated rings. The summed E-state index contributed by atoms with van der Waals surface area (Å²) in [6.45, 7) is 12.8. The molecule has 26 heavy (non-hydrogen) atoms. The molecule has 0 aliphatic carbocycles. The van der Waals surface area contributed by atoms with Gasteiger partial charge in [-0.1, -0.05) is 19.9 Å². The summed E-state index contributed by atoms with van der Waals surface area (Å²) in [6, 6.07) is 8.78. The highest BCUT2D eigenvalue weighted by molar-refractivity contribution is 5.67. The number of nitrogens with two attached hydrogens (primary N) is 1. The molecular weight excluding hydrogens is 324 g/mol. The quantitative estimate of drug-likeness (QED) is 0.885. The Kier molecular flexibility index (Phi) is 3.84. The summed E-state index contributed by atoms with van der Waals surface area (Å²) in [5.74, 6) is 0.337. The molecular formula is C20H28N6. The van der Waals surface area contributed by atoms with Gasteiger partial charge in [0, 0.05) is 48.2 Å². The standard InChI is InChI=1S/C20H28N6/c1-19(2)11-23-17-9-15(5-6-16(17)19)25-12-20(3,4)26(13-25)10-14-7-8-22-18(21)24-14/h5-9,23H,10-13H2,1-4H3,(H2,21,22,24). The molecule has 2 aliphatic heterocycles. The van der Waals surface area contributed by atoms with E-state index in [9.17, 15) is 0 Å². The molecule has 0 spiro atoms. The highest BCUT2D eigenvalue weighted by Gasteiger charge is 2.38. The van der Waals surface area contributed by atoms with Gasteiger partial charge in [0.2, 0.25) is 5.95 Å². The van der Waals surface area contributed by atoms with Gasteiger partial charge in [-0.2, -0.15) is 0 Å². The first-order valence-corrected chi connectivity index (χ1v) is 9.20.